The van der Waals surface area contributed by atoms with Gasteiger partial charge in [-0.1, -0.05) is 12.1 Å². The first-order chi connectivity index (χ1) is 14.6. The van der Waals surface area contributed by atoms with Gasteiger partial charge in [-0.2, -0.15) is 0 Å². The fourth-order valence-electron chi connectivity index (χ4n) is 4.33. The lowest BCUT2D eigenvalue weighted by Crippen LogP contribution is -2.40. The van der Waals surface area contributed by atoms with Crippen molar-refractivity contribution in [3.05, 3.63) is 42.4 Å². The normalized spacial score (nSPS) is 17.6. The molecule has 2 aliphatic heterocycles. The Morgan fingerprint density at radius 2 is 1.80 bits per heavy atom. The lowest BCUT2D eigenvalue weighted by molar-refractivity contribution is -0.120. The van der Waals surface area contributed by atoms with E-state index in [4.69, 9.17) is 0 Å². The molecule has 0 spiro atoms. The quantitative estimate of drug-likeness (QED) is 0.764. The summed E-state index contributed by atoms with van der Waals surface area (Å²) in [5, 5.41) is 2.98. The molecule has 1 amide bonds. The molecule has 2 fully saturated rings. The maximum absolute atomic E-state index is 12.8. The summed E-state index contributed by atoms with van der Waals surface area (Å²) in [6.07, 6.45) is 8.80. The second-order valence-corrected chi connectivity index (χ2v) is 8.17. The van der Waals surface area contributed by atoms with Crippen molar-refractivity contribution in [3.8, 4) is 0 Å². The summed E-state index contributed by atoms with van der Waals surface area (Å²) in [6.45, 7) is 5.23. The maximum atomic E-state index is 12.8. The van der Waals surface area contributed by atoms with Crippen LogP contribution in [-0.2, 0) is 4.79 Å². The zero-order chi connectivity index (χ0) is 20.9. The van der Waals surface area contributed by atoms with Gasteiger partial charge in [0.25, 0.3) is 0 Å². The number of nitrogens with zero attached hydrogens (tertiary/aromatic N) is 4. The number of anilines is 3. The third-order valence-electron chi connectivity index (χ3n) is 6.07. The van der Waals surface area contributed by atoms with E-state index in [0.29, 0.717) is 11.3 Å². The van der Waals surface area contributed by atoms with Gasteiger partial charge >= 0.3 is 0 Å². The molecule has 0 unspecified atom stereocenters. The highest BCUT2D eigenvalue weighted by Crippen LogP contribution is 2.31. The molecule has 0 bridgehead atoms. The van der Waals surface area contributed by atoms with Crippen molar-refractivity contribution in [2.24, 2.45) is 5.92 Å². The summed E-state index contributed by atoms with van der Waals surface area (Å²) in [5.41, 5.74) is 2.36. The van der Waals surface area contributed by atoms with Gasteiger partial charge in [0.15, 0.2) is 11.6 Å². The van der Waals surface area contributed by atoms with Gasteiger partial charge in [0, 0.05) is 43.3 Å². The molecule has 2 aromatic rings. The van der Waals surface area contributed by atoms with E-state index in [-0.39, 0.29) is 17.6 Å². The van der Waals surface area contributed by atoms with Crippen molar-refractivity contribution in [1.82, 2.24) is 9.97 Å². The number of Topliss-reactive ketones (excluding diaryl/α,β-unsaturated/α-hetero) is 1. The van der Waals surface area contributed by atoms with Crippen LogP contribution >= 0.6 is 0 Å². The highest BCUT2D eigenvalue weighted by Gasteiger charge is 2.28. The highest BCUT2D eigenvalue weighted by atomic mass is 16.2. The molecule has 0 saturated carbocycles. The molecule has 3 heterocycles. The zero-order valence-corrected chi connectivity index (χ0v) is 17.5. The Bertz CT molecular complexity index is 902. The average Bonchev–Trinajstić information content (AvgIpc) is 2.80. The number of carbonyl (C=O) groups is 2. The lowest BCUT2D eigenvalue weighted by Gasteiger charge is -2.36. The molecule has 4 rings (SSSR count). The maximum Gasteiger partial charge on any atom is 0.227 e. The Labute approximate surface area is 177 Å². The third kappa shape index (κ3) is 4.61. The third-order valence-corrected chi connectivity index (χ3v) is 6.07. The summed E-state index contributed by atoms with van der Waals surface area (Å²) in [4.78, 5) is 37.8. The number of piperidine rings is 2. The van der Waals surface area contributed by atoms with Crippen LogP contribution in [0.1, 0.15) is 49.4 Å². The van der Waals surface area contributed by atoms with E-state index in [9.17, 15) is 9.59 Å². The number of nitrogens with one attached hydrogen (secondary N) is 1. The Morgan fingerprint density at radius 1 is 1.03 bits per heavy atom. The molecule has 2 aliphatic rings. The zero-order valence-electron chi connectivity index (χ0n) is 17.5. The van der Waals surface area contributed by atoms with Gasteiger partial charge in [-0.3, -0.25) is 9.59 Å². The summed E-state index contributed by atoms with van der Waals surface area (Å²) in [6, 6.07) is 7.12. The first-order valence-corrected chi connectivity index (χ1v) is 10.8. The Morgan fingerprint density at radius 3 is 2.53 bits per heavy atom. The van der Waals surface area contributed by atoms with E-state index < -0.39 is 0 Å². The Kier molecular flexibility index (Phi) is 6.26. The van der Waals surface area contributed by atoms with Gasteiger partial charge in [-0.15, -0.1) is 0 Å². The van der Waals surface area contributed by atoms with Crippen molar-refractivity contribution in [1.29, 1.82) is 0 Å². The smallest absolute Gasteiger partial charge is 0.227 e. The standard InChI is InChI=1S/C23H29N5O2/c1-17(29)19-6-5-7-20(14-19)26-23(30)18-8-12-27(13-9-18)21-15-24-16-25-22(21)28-10-3-2-4-11-28/h5-7,14-16,18H,2-4,8-13H2,1H3,(H,26,30). The van der Waals surface area contributed by atoms with E-state index in [2.05, 4.69) is 25.1 Å². The number of ketones is 1. The predicted octanol–water partition coefficient (Wildman–Crippen LogP) is 3.52. The molecule has 1 aromatic heterocycles. The van der Waals surface area contributed by atoms with Crippen molar-refractivity contribution in [3.63, 3.8) is 0 Å². The Hall–Kier alpha value is -2.96. The van der Waals surface area contributed by atoms with Crippen molar-refractivity contribution in [2.45, 2.75) is 39.0 Å². The number of aromatic nitrogens is 2. The van der Waals surface area contributed by atoms with E-state index in [1.165, 1.54) is 26.2 Å². The van der Waals surface area contributed by atoms with Gasteiger partial charge in [0.2, 0.25) is 5.91 Å². The van der Waals surface area contributed by atoms with E-state index in [1.54, 1.807) is 24.5 Å². The second-order valence-electron chi connectivity index (χ2n) is 8.17. The summed E-state index contributed by atoms with van der Waals surface area (Å²) >= 11 is 0. The SMILES string of the molecule is CC(=O)c1cccc(NC(=O)C2CCN(c3cncnc3N3CCCCC3)CC2)c1. The minimum atomic E-state index is -0.0368. The highest BCUT2D eigenvalue weighted by molar-refractivity contribution is 5.97. The van der Waals surface area contributed by atoms with Crippen molar-refractivity contribution < 1.29 is 9.59 Å². The molecule has 0 atom stereocenters. The summed E-state index contributed by atoms with van der Waals surface area (Å²) < 4.78 is 0. The fourth-order valence-corrected chi connectivity index (χ4v) is 4.33. The molecule has 30 heavy (non-hydrogen) atoms. The van der Waals surface area contributed by atoms with Gasteiger partial charge in [-0.25, -0.2) is 9.97 Å². The molecule has 0 radical (unpaired) electrons. The van der Waals surface area contributed by atoms with Crippen molar-refractivity contribution >= 4 is 28.9 Å². The topological polar surface area (TPSA) is 78.4 Å². The van der Waals surface area contributed by atoms with Crippen LogP contribution in [0.4, 0.5) is 17.2 Å². The summed E-state index contributed by atoms with van der Waals surface area (Å²) in [5.74, 6) is 1.00. The molecule has 158 valence electrons. The van der Waals surface area contributed by atoms with Crippen LogP contribution in [0.2, 0.25) is 0 Å². The monoisotopic (exact) mass is 407 g/mol. The minimum Gasteiger partial charge on any atom is -0.367 e. The van der Waals surface area contributed by atoms with Crippen LogP contribution in [0.3, 0.4) is 0 Å². The largest absolute Gasteiger partial charge is 0.367 e. The summed E-state index contributed by atoms with van der Waals surface area (Å²) in [7, 11) is 0. The Balaban J connectivity index is 1.38. The number of benzene rings is 1. The van der Waals surface area contributed by atoms with E-state index in [1.807, 2.05) is 12.3 Å². The number of hydrogen-bond donors (Lipinski definition) is 1. The van der Waals surface area contributed by atoms with Gasteiger partial charge < -0.3 is 15.1 Å². The molecular weight excluding hydrogens is 378 g/mol. The van der Waals surface area contributed by atoms with E-state index >= 15 is 0 Å². The fraction of sp³-hybridized carbons (Fsp3) is 0.478. The first kappa shape index (κ1) is 20.3. The number of amides is 1. The van der Waals surface area contributed by atoms with Crippen LogP contribution in [0.5, 0.6) is 0 Å². The van der Waals surface area contributed by atoms with Gasteiger partial charge in [-0.05, 0) is 51.2 Å². The average molecular weight is 408 g/mol. The van der Waals surface area contributed by atoms with Gasteiger partial charge in [0.05, 0.1) is 11.9 Å². The number of hydrogen-bond acceptors (Lipinski definition) is 6. The first-order valence-electron chi connectivity index (χ1n) is 10.8. The van der Waals surface area contributed by atoms with Crippen LogP contribution < -0.4 is 15.1 Å². The van der Waals surface area contributed by atoms with Crippen LogP contribution in [0.25, 0.3) is 0 Å². The molecule has 7 nitrogen and oxygen atoms in total. The molecule has 7 heteroatoms. The minimum absolute atomic E-state index is 0.00556. The van der Waals surface area contributed by atoms with Crippen LogP contribution in [-0.4, -0.2) is 47.8 Å². The number of rotatable bonds is 5. The van der Waals surface area contributed by atoms with Crippen LogP contribution in [0.15, 0.2) is 36.8 Å². The van der Waals surface area contributed by atoms with Crippen molar-refractivity contribution in [2.75, 3.05) is 41.3 Å². The molecule has 2 saturated heterocycles. The molecule has 1 N–H and O–H groups in total. The van der Waals surface area contributed by atoms with Crippen LogP contribution in [0, 0.1) is 5.92 Å². The predicted molar refractivity (Wildman–Crippen MR) is 118 cm³/mol. The molecular formula is C23H29N5O2. The van der Waals surface area contributed by atoms with Gasteiger partial charge in [0.1, 0.15) is 6.33 Å². The number of carbonyl (C=O) groups excluding carboxylic acids is 2. The lowest BCUT2D eigenvalue weighted by atomic mass is 9.95. The second kappa shape index (κ2) is 9.24. The molecule has 0 aliphatic carbocycles. The van der Waals surface area contributed by atoms with E-state index in [0.717, 1.165) is 50.5 Å². The molecule has 1 aromatic carbocycles.